The SMILES string of the molecule is CCC(O)C(O)C1OC(OC)(C(=O)OC)CC(O)C1N. The van der Waals surface area contributed by atoms with Crippen LogP contribution in [0.1, 0.15) is 19.8 Å². The topological polar surface area (TPSA) is 131 Å². The molecule has 1 aliphatic rings. The Labute approximate surface area is 117 Å². The lowest BCUT2D eigenvalue weighted by molar-refractivity contribution is -0.302. The number of nitrogens with two attached hydrogens (primary N) is 1. The van der Waals surface area contributed by atoms with Gasteiger partial charge in [-0.1, -0.05) is 6.92 Å². The van der Waals surface area contributed by atoms with Gasteiger partial charge >= 0.3 is 5.97 Å². The van der Waals surface area contributed by atoms with E-state index in [-0.39, 0.29) is 12.8 Å². The van der Waals surface area contributed by atoms with Crippen molar-refractivity contribution in [1.29, 1.82) is 0 Å². The molecular weight excluding hydrogens is 270 g/mol. The maximum Gasteiger partial charge on any atom is 0.366 e. The molecule has 8 heteroatoms. The van der Waals surface area contributed by atoms with Crippen LogP contribution in [0.25, 0.3) is 0 Å². The normalized spacial score (nSPS) is 37.2. The molecule has 118 valence electrons. The number of rotatable bonds is 5. The number of methoxy groups -OCH3 is 2. The second-order valence-electron chi connectivity index (χ2n) is 4.85. The predicted molar refractivity (Wildman–Crippen MR) is 67.5 cm³/mol. The Bertz CT molecular complexity index is 340. The molecule has 0 aromatic rings. The number of aliphatic hydroxyl groups is 3. The third-order valence-electron chi connectivity index (χ3n) is 3.60. The first-order valence-corrected chi connectivity index (χ1v) is 6.44. The minimum Gasteiger partial charge on any atom is -0.465 e. The van der Waals surface area contributed by atoms with Crippen LogP contribution in [0.15, 0.2) is 0 Å². The van der Waals surface area contributed by atoms with Crippen molar-refractivity contribution in [3.8, 4) is 0 Å². The molecule has 1 rings (SSSR count). The number of aliphatic hydroxyl groups excluding tert-OH is 3. The van der Waals surface area contributed by atoms with E-state index in [0.717, 1.165) is 7.11 Å². The van der Waals surface area contributed by atoms with Gasteiger partial charge in [0.1, 0.15) is 12.2 Å². The van der Waals surface area contributed by atoms with Crippen molar-refractivity contribution in [2.24, 2.45) is 5.73 Å². The van der Waals surface area contributed by atoms with Gasteiger partial charge in [0, 0.05) is 13.5 Å². The minimum atomic E-state index is -1.84. The molecule has 8 nitrogen and oxygen atoms in total. The number of esters is 1. The summed E-state index contributed by atoms with van der Waals surface area (Å²) >= 11 is 0. The lowest BCUT2D eigenvalue weighted by Crippen LogP contribution is -2.66. The molecule has 20 heavy (non-hydrogen) atoms. The fourth-order valence-electron chi connectivity index (χ4n) is 2.24. The van der Waals surface area contributed by atoms with Crippen molar-refractivity contribution < 1.29 is 34.3 Å². The molecule has 6 atom stereocenters. The van der Waals surface area contributed by atoms with Crippen LogP contribution < -0.4 is 5.73 Å². The summed E-state index contributed by atoms with van der Waals surface area (Å²) in [7, 11) is 2.37. The van der Waals surface area contributed by atoms with Crippen molar-refractivity contribution in [2.75, 3.05) is 14.2 Å². The molecule has 0 radical (unpaired) electrons. The van der Waals surface area contributed by atoms with Crippen molar-refractivity contribution in [3.63, 3.8) is 0 Å². The molecule has 0 aromatic heterocycles. The molecule has 0 amide bonds. The molecule has 1 saturated heterocycles. The van der Waals surface area contributed by atoms with Gasteiger partial charge in [-0.2, -0.15) is 0 Å². The van der Waals surface area contributed by atoms with Crippen molar-refractivity contribution in [2.45, 2.75) is 56.0 Å². The zero-order valence-corrected chi connectivity index (χ0v) is 11.9. The largest absolute Gasteiger partial charge is 0.465 e. The molecule has 1 fully saturated rings. The first-order chi connectivity index (χ1) is 9.32. The maximum atomic E-state index is 11.8. The third kappa shape index (κ3) is 3.11. The zero-order chi connectivity index (χ0) is 15.5. The Morgan fingerprint density at radius 1 is 1.50 bits per heavy atom. The summed E-state index contributed by atoms with van der Waals surface area (Å²) in [6.45, 7) is 1.67. The first kappa shape index (κ1) is 17.3. The molecule has 0 bridgehead atoms. The average Bonchev–Trinajstić information content (AvgIpc) is 2.47. The van der Waals surface area contributed by atoms with Gasteiger partial charge < -0.3 is 35.3 Å². The third-order valence-corrected chi connectivity index (χ3v) is 3.60. The fraction of sp³-hybridized carbons (Fsp3) is 0.917. The first-order valence-electron chi connectivity index (χ1n) is 6.44. The van der Waals surface area contributed by atoms with E-state index in [9.17, 15) is 20.1 Å². The second kappa shape index (κ2) is 6.79. The molecule has 6 unspecified atom stereocenters. The van der Waals surface area contributed by atoms with Crippen LogP contribution in [0.4, 0.5) is 0 Å². The van der Waals surface area contributed by atoms with Gasteiger partial charge in [0.25, 0.3) is 5.79 Å². The van der Waals surface area contributed by atoms with Crippen LogP contribution in [0.2, 0.25) is 0 Å². The molecule has 1 aliphatic heterocycles. The van der Waals surface area contributed by atoms with E-state index in [0.29, 0.717) is 0 Å². The Morgan fingerprint density at radius 2 is 2.10 bits per heavy atom. The average molecular weight is 293 g/mol. The molecule has 1 heterocycles. The van der Waals surface area contributed by atoms with E-state index in [1.807, 2.05) is 0 Å². The van der Waals surface area contributed by atoms with Gasteiger partial charge in [-0.3, -0.25) is 0 Å². The predicted octanol–water partition coefficient (Wildman–Crippen LogP) is -1.89. The monoisotopic (exact) mass is 293 g/mol. The maximum absolute atomic E-state index is 11.8. The fourth-order valence-corrected chi connectivity index (χ4v) is 2.24. The van der Waals surface area contributed by atoms with Gasteiger partial charge in [-0.15, -0.1) is 0 Å². The Balaban J connectivity index is 3.02. The van der Waals surface area contributed by atoms with Crippen molar-refractivity contribution in [1.82, 2.24) is 0 Å². The van der Waals surface area contributed by atoms with Gasteiger partial charge in [0.2, 0.25) is 0 Å². The van der Waals surface area contributed by atoms with Gasteiger partial charge in [-0.05, 0) is 6.42 Å². The number of ether oxygens (including phenoxy) is 3. The van der Waals surface area contributed by atoms with E-state index in [1.54, 1.807) is 6.92 Å². The quantitative estimate of drug-likeness (QED) is 0.433. The molecule has 0 aliphatic carbocycles. The smallest absolute Gasteiger partial charge is 0.366 e. The Morgan fingerprint density at radius 3 is 2.55 bits per heavy atom. The minimum absolute atomic E-state index is 0.219. The Kier molecular flexibility index (Phi) is 5.87. The lowest BCUT2D eigenvalue weighted by atomic mass is 9.89. The van der Waals surface area contributed by atoms with Crippen molar-refractivity contribution in [3.05, 3.63) is 0 Å². The van der Waals surface area contributed by atoms with Gasteiger partial charge in [0.15, 0.2) is 0 Å². The van der Waals surface area contributed by atoms with E-state index >= 15 is 0 Å². The summed E-state index contributed by atoms with van der Waals surface area (Å²) in [5.74, 6) is -2.68. The van der Waals surface area contributed by atoms with Crippen LogP contribution in [0.3, 0.4) is 0 Å². The number of hydrogen-bond acceptors (Lipinski definition) is 8. The summed E-state index contributed by atoms with van der Waals surface area (Å²) < 4.78 is 15.1. The number of carbonyl (C=O) groups excluding carboxylic acids is 1. The molecule has 5 N–H and O–H groups in total. The summed E-state index contributed by atoms with van der Waals surface area (Å²) in [5, 5.41) is 29.7. The highest BCUT2D eigenvalue weighted by Crippen LogP contribution is 2.32. The second-order valence-corrected chi connectivity index (χ2v) is 4.85. The summed E-state index contributed by atoms with van der Waals surface area (Å²) in [6.07, 6.45) is -4.71. The molecule has 0 aromatic carbocycles. The highest BCUT2D eigenvalue weighted by atomic mass is 16.7. The molecule has 0 spiro atoms. The van der Waals surface area contributed by atoms with Crippen LogP contribution in [-0.2, 0) is 19.0 Å². The van der Waals surface area contributed by atoms with E-state index in [4.69, 9.17) is 15.2 Å². The summed E-state index contributed by atoms with van der Waals surface area (Å²) in [6, 6.07) is -0.959. The zero-order valence-electron chi connectivity index (χ0n) is 11.9. The molecular formula is C12H23NO7. The Hall–Kier alpha value is -0.770. The standard InChI is InChI=1S/C12H23NO7/c1-4-6(14)9(16)10-8(13)7(15)5-12(19-3,20-10)11(17)18-2/h6-10,14-16H,4-5,13H2,1-3H3. The molecule has 0 saturated carbocycles. The van der Waals surface area contributed by atoms with E-state index in [2.05, 4.69) is 4.74 Å². The highest BCUT2D eigenvalue weighted by molar-refractivity contribution is 5.78. The number of carbonyl (C=O) groups is 1. The van der Waals surface area contributed by atoms with Crippen LogP contribution >= 0.6 is 0 Å². The highest BCUT2D eigenvalue weighted by Gasteiger charge is 2.54. The van der Waals surface area contributed by atoms with Crippen LogP contribution in [0, 0.1) is 0 Å². The number of hydrogen-bond donors (Lipinski definition) is 4. The summed E-state index contributed by atoms with van der Waals surface area (Å²) in [5.41, 5.74) is 5.78. The lowest BCUT2D eigenvalue weighted by Gasteiger charge is -2.45. The van der Waals surface area contributed by atoms with E-state index in [1.165, 1.54) is 7.11 Å². The van der Waals surface area contributed by atoms with Crippen LogP contribution in [0.5, 0.6) is 0 Å². The summed E-state index contributed by atoms with van der Waals surface area (Å²) in [4.78, 5) is 11.8. The van der Waals surface area contributed by atoms with Gasteiger partial charge in [-0.25, -0.2) is 4.79 Å². The van der Waals surface area contributed by atoms with Crippen molar-refractivity contribution >= 4 is 5.97 Å². The van der Waals surface area contributed by atoms with Crippen LogP contribution in [-0.4, -0.2) is 71.8 Å². The van der Waals surface area contributed by atoms with Gasteiger partial charge in [0.05, 0.1) is 25.4 Å². The van der Waals surface area contributed by atoms with E-state index < -0.39 is 42.2 Å².